The number of fused-ring (bicyclic) bond motifs is 2. The van der Waals surface area contributed by atoms with Crippen LogP contribution in [0.15, 0.2) is 47.3 Å². The summed E-state index contributed by atoms with van der Waals surface area (Å²) in [6.45, 7) is 4.00. The van der Waals surface area contributed by atoms with Crippen LogP contribution in [-0.4, -0.2) is 14.9 Å². The van der Waals surface area contributed by atoms with Gasteiger partial charge in [-0.15, -0.1) is 0 Å². The maximum atomic E-state index is 12.9. The average molecular weight is 365 g/mol. The Morgan fingerprint density at radius 3 is 2.00 bits per heavy atom. The molecule has 4 nitrogen and oxygen atoms in total. The molecule has 0 fully saturated rings. The summed E-state index contributed by atoms with van der Waals surface area (Å²) >= 11 is 6.09. The van der Waals surface area contributed by atoms with Crippen LogP contribution >= 0.6 is 11.6 Å². The molecular weight excluding hydrogens is 348 g/mol. The lowest BCUT2D eigenvalue weighted by molar-refractivity contribution is 0.467. The van der Waals surface area contributed by atoms with E-state index in [2.05, 4.69) is 11.2 Å². The number of hydrogen-bond donors (Lipinski definition) is 1. The zero-order chi connectivity index (χ0) is 18.6. The van der Waals surface area contributed by atoms with Crippen LogP contribution in [0.3, 0.4) is 0 Å². The van der Waals surface area contributed by atoms with Gasteiger partial charge >= 0.3 is 0 Å². The van der Waals surface area contributed by atoms with Crippen LogP contribution in [0.25, 0.3) is 32.7 Å². The third-order valence-electron chi connectivity index (χ3n) is 4.70. The molecule has 0 saturated carbocycles. The van der Waals surface area contributed by atoms with Crippen molar-refractivity contribution in [2.24, 2.45) is 7.05 Å². The van der Waals surface area contributed by atoms with Crippen LogP contribution in [-0.2, 0) is 7.05 Å². The maximum Gasteiger partial charge on any atom is 0.278 e. The molecule has 4 rings (SSSR count). The first-order chi connectivity index (χ1) is 12.4. The Morgan fingerprint density at radius 2 is 1.46 bits per heavy atom. The van der Waals surface area contributed by atoms with Gasteiger partial charge in [-0.05, 0) is 41.5 Å². The topological polar surface area (TPSA) is 55.1 Å². The summed E-state index contributed by atoms with van der Waals surface area (Å²) in [5.74, 6) is -0.286. The van der Waals surface area contributed by atoms with E-state index in [1.807, 2.05) is 50.2 Å². The van der Waals surface area contributed by atoms with Crippen molar-refractivity contribution in [2.45, 2.75) is 13.8 Å². The predicted octanol–water partition coefficient (Wildman–Crippen LogP) is 4.73. The van der Waals surface area contributed by atoms with E-state index in [1.54, 1.807) is 0 Å². The summed E-state index contributed by atoms with van der Waals surface area (Å²) in [5, 5.41) is 18.2. The van der Waals surface area contributed by atoms with Crippen molar-refractivity contribution in [3.05, 3.63) is 69.1 Å². The van der Waals surface area contributed by atoms with Gasteiger partial charge in [-0.1, -0.05) is 59.1 Å². The fraction of sp³-hybridized carbons (Fsp3) is 0.143. The fourth-order valence-corrected chi connectivity index (χ4v) is 3.63. The van der Waals surface area contributed by atoms with Gasteiger partial charge < -0.3 is 5.11 Å². The number of rotatable bonds is 1. The molecule has 4 aromatic rings. The molecule has 0 atom stereocenters. The number of aromatic nitrogens is 2. The van der Waals surface area contributed by atoms with E-state index < -0.39 is 0 Å². The molecule has 1 N–H and O–H groups in total. The predicted molar refractivity (Wildman–Crippen MR) is 106 cm³/mol. The molecule has 130 valence electrons. The maximum absolute atomic E-state index is 12.9. The third-order valence-corrected chi connectivity index (χ3v) is 4.95. The first kappa shape index (κ1) is 16.6. The number of halogens is 1. The second kappa shape index (κ2) is 5.85. The SMILES string of the molecule is Cc1ccc2cc3ccc(C)cc3c(-c3c(O)c(Cl)nn(C)c3=O)c2c1. The molecule has 5 heteroatoms. The van der Waals surface area contributed by atoms with Crippen molar-refractivity contribution in [1.29, 1.82) is 0 Å². The van der Waals surface area contributed by atoms with Crippen LogP contribution in [0.4, 0.5) is 0 Å². The zero-order valence-corrected chi connectivity index (χ0v) is 15.4. The van der Waals surface area contributed by atoms with Crippen LogP contribution in [0.1, 0.15) is 11.1 Å². The number of hydrogen-bond acceptors (Lipinski definition) is 3. The standard InChI is InChI=1S/C21H17ClN2O2/c1-11-4-6-13-10-14-7-5-12(2)9-16(14)17(15(13)8-11)18-19(25)20(22)23-24(3)21(18)26/h4-10,25H,1-3H3. The smallest absolute Gasteiger partial charge is 0.278 e. The summed E-state index contributed by atoms with van der Waals surface area (Å²) in [5.41, 5.74) is 2.62. The summed E-state index contributed by atoms with van der Waals surface area (Å²) < 4.78 is 1.16. The molecule has 0 aliphatic carbocycles. The summed E-state index contributed by atoms with van der Waals surface area (Å²) in [6, 6.07) is 14.3. The molecule has 0 saturated heterocycles. The molecule has 0 radical (unpaired) electrons. The van der Waals surface area contributed by atoms with Gasteiger partial charge in [-0.2, -0.15) is 5.10 Å². The molecule has 1 aromatic heterocycles. The van der Waals surface area contributed by atoms with E-state index in [9.17, 15) is 9.90 Å². The second-order valence-electron chi connectivity index (χ2n) is 6.64. The van der Waals surface area contributed by atoms with Gasteiger partial charge in [0.2, 0.25) is 0 Å². The van der Waals surface area contributed by atoms with Gasteiger partial charge in [0.05, 0.1) is 5.56 Å². The molecule has 1 heterocycles. The molecule has 0 spiro atoms. The molecule has 0 amide bonds. The van der Waals surface area contributed by atoms with Gasteiger partial charge in [-0.3, -0.25) is 4.79 Å². The quantitative estimate of drug-likeness (QED) is 0.497. The largest absolute Gasteiger partial charge is 0.504 e. The van der Waals surface area contributed by atoms with Crippen molar-refractivity contribution in [1.82, 2.24) is 9.78 Å². The fourth-order valence-electron chi connectivity index (χ4n) is 3.42. The molecular formula is C21H17ClN2O2. The van der Waals surface area contributed by atoms with Gasteiger partial charge in [0.15, 0.2) is 10.9 Å². The minimum absolute atomic E-state index is 0.0902. The molecule has 0 bridgehead atoms. The molecule has 0 aliphatic rings. The van der Waals surface area contributed by atoms with Crippen molar-refractivity contribution in [3.63, 3.8) is 0 Å². The monoisotopic (exact) mass is 364 g/mol. The van der Waals surface area contributed by atoms with E-state index >= 15 is 0 Å². The summed E-state index contributed by atoms with van der Waals surface area (Å²) in [7, 11) is 1.53. The first-order valence-electron chi connectivity index (χ1n) is 8.26. The van der Waals surface area contributed by atoms with Crippen LogP contribution in [0, 0.1) is 13.8 Å². The lowest BCUT2D eigenvalue weighted by atomic mass is 9.91. The van der Waals surface area contributed by atoms with E-state index in [0.717, 1.165) is 37.4 Å². The zero-order valence-electron chi connectivity index (χ0n) is 14.7. The van der Waals surface area contributed by atoms with Crippen molar-refractivity contribution in [3.8, 4) is 16.9 Å². The van der Waals surface area contributed by atoms with Crippen molar-refractivity contribution < 1.29 is 5.11 Å². The highest BCUT2D eigenvalue weighted by Crippen LogP contribution is 2.40. The average Bonchev–Trinajstić information content (AvgIpc) is 2.60. The van der Waals surface area contributed by atoms with Gasteiger partial charge in [0, 0.05) is 12.6 Å². The van der Waals surface area contributed by atoms with Crippen LogP contribution in [0.5, 0.6) is 5.75 Å². The van der Waals surface area contributed by atoms with E-state index in [0.29, 0.717) is 5.56 Å². The summed E-state index contributed by atoms with van der Waals surface area (Å²) in [6.07, 6.45) is 0. The van der Waals surface area contributed by atoms with Crippen molar-refractivity contribution >= 4 is 33.1 Å². The van der Waals surface area contributed by atoms with Gasteiger partial charge in [0.25, 0.3) is 5.56 Å². The molecule has 0 unspecified atom stereocenters. The van der Waals surface area contributed by atoms with E-state index in [-0.39, 0.29) is 22.0 Å². The minimum atomic E-state index is -0.385. The Hall–Kier alpha value is -2.85. The lowest BCUT2D eigenvalue weighted by Gasteiger charge is -2.15. The second-order valence-corrected chi connectivity index (χ2v) is 7.00. The van der Waals surface area contributed by atoms with Crippen molar-refractivity contribution in [2.75, 3.05) is 0 Å². The Kier molecular flexibility index (Phi) is 3.74. The highest BCUT2D eigenvalue weighted by atomic mass is 35.5. The third kappa shape index (κ3) is 2.45. The van der Waals surface area contributed by atoms with Gasteiger partial charge in [0.1, 0.15) is 0 Å². The Labute approximate surface area is 155 Å². The highest BCUT2D eigenvalue weighted by Gasteiger charge is 2.21. The number of nitrogens with zero attached hydrogens (tertiary/aromatic N) is 2. The van der Waals surface area contributed by atoms with E-state index in [4.69, 9.17) is 11.6 Å². The summed E-state index contributed by atoms with van der Waals surface area (Å²) in [4.78, 5) is 12.9. The van der Waals surface area contributed by atoms with Crippen LogP contribution in [0.2, 0.25) is 5.15 Å². The van der Waals surface area contributed by atoms with E-state index in [1.165, 1.54) is 7.05 Å². The Balaban J connectivity index is 2.33. The lowest BCUT2D eigenvalue weighted by Crippen LogP contribution is -2.21. The Bertz CT molecular complexity index is 1200. The van der Waals surface area contributed by atoms with Gasteiger partial charge in [-0.25, -0.2) is 4.68 Å². The number of aromatic hydroxyl groups is 1. The number of aryl methyl sites for hydroxylation is 3. The first-order valence-corrected chi connectivity index (χ1v) is 8.64. The molecule has 3 aromatic carbocycles. The number of benzene rings is 3. The molecule has 0 aliphatic heterocycles. The minimum Gasteiger partial charge on any atom is -0.504 e. The molecule has 26 heavy (non-hydrogen) atoms. The Morgan fingerprint density at radius 1 is 0.923 bits per heavy atom. The highest BCUT2D eigenvalue weighted by molar-refractivity contribution is 6.31. The van der Waals surface area contributed by atoms with Crippen LogP contribution < -0.4 is 5.56 Å². The normalized spacial score (nSPS) is 11.4.